The predicted octanol–water partition coefficient (Wildman–Crippen LogP) is 2.51. The molecule has 2 rings (SSSR count). The van der Waals surface area contributed by atoms with E-state index in [0.717, 1.165) is 5.56 Å². The molecule has 2 aromatic carbocycles. The fourth-order valence-corrected chi connectivity index (χ4v) is 1.86. The van der Waals surface area contributed by atoms with Crippen LogP contribution in [0.15, 0.2) is 42.5 Å². The number of esters is 1. The molecular formula is C16H14N2O3. The average molecular weight is 282 g/mol. The summed E-state index contributed by atoms with van der Waals surface area (Å²) in [7, 11) is 1.48. The molecule has 106 valence electrons. The quantitative estimate of drug-likeness (QED) is 0.688. The summed E-state index contributed by atoms with van der Waals surface area (Å²) in [6, 6.07) is 13.8. The molecule has 0 aromatic heterocycles. The van der Waals surface area contributed by atoms with Crippen molar-refractivity contribution >= 4 is 11.7 Å². The van der Waals surface area contributed by atoms with Gasteiger partial charge in [0.2, 0.25) is 0 Å². The number of hydrogen-bond acceptors (Lipinski definition) is 5. The van der Waals surface area contributed by atoms with Crippen molar-refractivity contribution in [3.8, 4) is 11.8 Å². The standard InChI is InChI=1S/C16H14N2O3/c1-20-14-7-3-6-13(15(14)18)16(19)21-10-12-5-2-4-11(8-12)9-17/h2-8H,10,18H2,1H3. The van der Waals surface area contributed by atoms with Crippen LogP contribution in [-0.2, 0) is 11.3 Å². The predicted molar refractivity (Wildman–Crippen MR) is 77.7 cm³/mol. The molecule has 0 bridgehead atoms. The van der Waals surface area contributed by atoms with E-state index in [1.54, 1.807) is 42.5 Å². The van der Waals surface area contributed by atoms with Crippen molar-refractivity contribution in [1.29, 1.82) is 5.26 Å². The third kappa shape index (κ3) is 3.31. The lowest BCUT2D eigenvalue weighted by atomic mass is 10.1. The van der Waals surface area contributed by atoms with Gasteiger partial charge in [0.05, 0.1) is 30.0 Å². The van der Waals surface area contributed by atoms with Crippen LogP contribution in [-0.4, -0.2) is 13.1 Å². The summed E-state index contributed by atoms with van der Waals surface area (Å²) in [5, 5.41) is 8.82. The van der Waals surface area contributed by atoms with Crippen molar-refractivity contribution in [3.63, 3.8) is 0 Å². The summed E-state index contributed by atoms with van der Waals surface area (Å²) < 4.78 is 10.3. The molecule has 0 atom stereocenters. The molecule has 0 saturated heterocycles. The number of rotatable bonds is 4. The highest BCUT2D eigenvalue weighted by molar-refractivity contribution is 5.96. The van der Waals surface area contributed by atoms with Crippen molar-refractivity contribution in [1.82, 2.24) is 0 Å². The number of carbonyl (C=O) groups is 1. The normalized spacial score (nSPS) is 9.71. The van der Waals surface area contributed by atoms with Gasteiger partial charge >= 0.3 is 5.97 Å². The largest absolute Gasteiger partial charge is 0.495 e. The zero-order valence-corrected chi connectivity index (χ0v) is 11.5. The van der Waals surface area contributed by atoms with Gasteiger partial charge in [-0.1, -0.05) is 18.2 Å². The fourth-order valence-electron chi connectivity index (χ4n) is 1.86. The minimum absolute atomic E-state index is 0.0744. The van der Waals surface area contributed by atoms with Crippen LogP contribution in [0.1, 0.15) is 21.5 Å². The van der Waals surface area contributed by atoms with Gasteiger partial charge in [0.15, 0.2) is 0 Å². The Morgan fingerprint density at radius 2 is 2.05 bits per heavy atom. The van der Waals surface area contributed by atoms with E-state index in [4.69, 9.17) is 20.5 Å². The minimum atomic E-state index is -0.534. The Morgan fingerprint density at radius 1 is 1.29 bits per heavy atom. The number of methoxy groups -OCH3 is 1. The van der Waals surface area contributed by atoms with Crippen LogP contribution >= 0.6 is 0 Å². The second-order valence-electron chi connectivity index (χ2n) is 4.31. The maximum atomic E-state index is 12.0. The average Bonchev–Trinajstić information content (AvgIpc) is 2.53. The minimum Gasteiger partial charge on any atom is -0.495 e. The molecule has 21 heavy (non-hydrogen) atoms. The summed E-state index contributed by atoms with van der Waals surface area (Å²) in [4.78, 5) is 12.0. The third-order valence-electron chi connectivity index (χ3n) is 2.93. The number of ether oxygens (including phenoxy) is 2. The Hall–Kier alpha value is -3.00. The van der Waals surface area contributed by atoms with Gasteiger partial charge in [-0.2, -0.15) is 5.26 Å². The first-order valence-electron chi connectivity index (χ1n) is 6.24. The highest BCUT2D eigenvalue weighted by Gasteiger charge is 2.14. The highest BCUT2D eigenvalue weighted by atomic mass is 16.5. The highest BCUT2D eigenvalue weighted by Crippen LogP contribution is 2.25. The molecule has 5 heteroatoms. The first-order chi connectivity index (χ1) is 10.2. The number of nitrogens with two attached hydrogens (primary N) is 1. The number of benzene rings is 2. The van der Waals surface area contributed by atoms with E-state index < -0.39 is 5.97 Å². The van der Waals surface area contributed by atoms with Crippen molar-refractivity contribution in [2.24, 2.45) is 0 Å². The van der Waals surface area contributed by atoms with E-state index in [2.05, 4.69) is 0 Å². The number of carbonyl (C=O) groups excluding carboxylic acids is 1. The van der Waals surface area contributed by atoms with Crippen LogP contribution in [0.3, 0.4) is 0 Å². The van der Waals surface area contributed by atoms with Gasteiger partial charge in [-0.25, -0.2) is 4.79 Å². The Balaban J connectivity index is 2.10. The van der Waals surface area contributed by atoms with Crippen LogP contribution in [0, 0.1) is 11.3 Å². The van der Waals surface area contributed by atoms with Gasteiger partial charge in [0, 0.05) is 0 Å². The van der Waals surface area contributed by atoms with E-state index in [1.807, 2.05) is 6.07 Å². The molecular weight excluding hydrogens is 268 g/mol. The lowest BCUT2D eigenvalue weighted by Crippen LogP contribution is -2.09. The topological polar surface area (TPSA) is 85.3 Å². The molecule has 0 aliphatic heterocycles. The molecule has 0 heterocycles. The third-order valence-corrected chi connectivity index (χ3v) is 2.93. The zero-order valence-electron chi connectivity index (χ0n) is 11.5. The molecule has 0 spiro atoms. The van der Waals surface area contributed by atoms with Crippen molar-refractivity contribution in [3.05, 3.63) is 59.2 Å². The zero-order chi connectivity index (χ0) is 15.2. The van der Waals surface area contributed by atoms with E-state index in [1.165, 1.54) is 7.11 Å². The summed E-state index contributed by atoms with van der Waals surface area (Å²) in [6.07, 6.45) is 0. The van der Waals surface area contributed by atoms with Gasteiger partial charge in [-0.3, -0.25) is 0 Å². The fraction of sp³-hybridized carbons (Fsp3) is 0.125. The Labute approximate surface area is 122 Å². The molecule has 2 N–H and O–H groups in total. The SMILES string of the molecule is COc1cccc(C(=O)OCc2cccc(C#N)c2)c1N. The van der Waals surface area contributed by atoms with Gasteiger partial charge in [-0.15, -0.1) is 0 Å². The van der Waals surface area contributed by atoms with E-state index in [9.17, 15) is 4.79 Å². The lowest BCUT2D eigenvalue weighted by molar-refractivity contribution is 0.0473. The summed E-state index contributed by atoms with van der Waals surface area (Å²) in [5.74, 6) is -0.107. The van der Waals surface area contributed by atoms with Crippen molar-refractivity contribution in [2.45, 2.75) is 6.61 Å². The summed E-state index contributed by atoms with van der Waals surface area (Å²) in [6.45, 7) is 0.0744. The molecule has 0 radical (unpaired) electrons. The molecule has 0 fully saturated rings. The smallest absolute Gasteiger partial charge is 0.340 e. The van der Waals surface area contributed by atoms with Gasteiger partial charge < -0.3 is 15.2 Å². The molecule has 0 aliphatic carbocycles. The van der Waals surface area contributed by atoms with E-state index in [0.29, 0.717) is 11.3 Å². The Morgan fingerprint density at radius 3 is 2.76 bits per heavy atom. The molecule has 0 saturated carbocycles. The van der Waals surface area contributed by atoms with Crippen LogP contribution in [0.4, 0.5) is 5.69 Å². The number of anilines is 1. The number of nitriles is 1. The van der Waals surface area contributed by atoms with Crippen LogP contribution in [0.5, 0.6) is 5.75 Å². The summed E-state index contributed by atoms with van der Waals surface area (Å²) in [5.41, 5.74) is 7.60. The van der Waals surface area contributed by atoms with Crippen molar-refractivity contribution in [2.75, 3.05) is 12.8 Å². The Kier molecular flexibility index (Phi) is 4.42. The molecule has 5 nitrogen and oxygen atoms in total. The number of para-hydroxylation sites is 1. The monoisotopic (exact) mass is 282 g/mol. The number of hydrogen-bond donors (Lipinski definition) is 1. The van der Waals surface area contributed by atoms with Crippen LogP contribution in [0.25, 0.3) is 0 Å². The summed E-state index contributed by atoms with van der Waals surface area (Å²) >= 11 is 0. The van der Waals surface area contributed by atoms with E-state index >= 15 is 0 Å². The van der Waals surface area contributed by atoms with E-state index in [-0.39, 0.29) is 17.9 Å². The number of nitrogens with zero attached hydrogens (tertiary/aromatic N) is 1. The van der Waals surface area contributed by atoms with Crippen LogP contribution in [0.2, 0.25) is 0 Å². The van der Waals surface area contributed by atoms with Gasteiger partial charge in [0.25, 0.3) is 0 Å². The lowest BCUT2D eigenvalue weighted by Gasteiger charge is -2.10. The van der Waals surface area contributed by atoms with Crippen LogP contribution < -0.4 is 10.5 Å². The second-order valence-corrected chi connectivity index (χ2v) is 4.31. The Bertz CT molecular complexity index is 705. The first kappa shape index (κ1) is 14.4. The molecule has 0 unspecified atom stereocenters. The molecule has 0 amide bonds. The maximum absolute atomic E-state index is 12.0. The van der Waals surface area contributed by atoms with Gasteiger partial charge in [-0.05, 0) is 29.8 Å². The van der Waals surface area contributed by atoms with Crippen molar-refractivity contribution < 1.29 is 14.3 Å². The first-order valence-corrected chi connectivity index (χ1v) is 6.24. The maximum Gasteiger partial charge on any atom is 0.340 e. The number of nitrogen functional groups attached to an aromatic ring is 1. The van der Waals surface area contributed by atoms with Gasteiger partial charge in [0.1, 0.15) is 12.4 Å². The second kappa shape index (κ2) is 6.44. The molecule has 2 aromatic rings. The molecule has 0 aliphatic rings.